The number of hydrogen-bond donors (Lipinski definition) is 1. The first-order chi connectivity index (χ1) is 4.34. The first-order valence-electron chi connectivity index (χ1n) is 3.32. The number of rotatable bonds is 0. The molecule has 0 aliphatic heterocycles. The highest BCUT2D eigenvalue weighted by Gasteiger charge is 2.14. The first kappa shape index (κ1) is 7.54. The van der Waals surface area contributed by atoms with E-state index in [0.29, 0.717) is 0 Å². The lowest BCUT2D eigenvalue weighted by Gasteiger charge is -2.19. The van der Waals surface area contributed by atoms with Crippen molar-refractivity contribution in [3.63, 3.8) is 0 Å². The van der Waals surface area contributed by atoms with E-state index in [9.17, 15) is 5.11 Å². The number of halogens is 1. The maximum Gasteiger partial charge on any atom is 0.0757 e. The van der Waals surface area contributed by atoms with Crippen molar-refractivity contribution < 1.29 is 5.11 Å². The molecule has 0 amide bonds. The Labute approximate surface area is 69.3 Å². The molecule has 0 saturated heterocycles. The van der Waals surface area contributed by atoms with Gasteiger partial charge in [-0.05, 0) is 28.9 Å². The molecule has 0 spiro atoms. The maximum absolute atomic E-state index is 9.30. The van der Waals surface area contributed by atoms with Crippen LogP contribution in [0.4, 0.5) is 0 Å². The Morgan fingerprint density at radius 3 is 2.78 bits per heavy atom. The second-order valence-corrected chi connectivity index (χ2v) is 3.07. The van der Waals surface area contributed by atoms with E-state index in [2.05, 4.69) is 22.6 Å². The van der Waals surface area contributed by atoms with Gasteiger partial charge in [0.15, 0.2) is 0 Å². The predicted molar refractivity (Wildman–Crippen MR) is 46.6 cm³/mol. The fourth-order valence-corrected chi connectivity index (χ4v) is 1.87. The van der Waals surface area contributed by atoms with Crippen LogP contribution >= 0.6 is 22.6 Å². The largest absolute Gasteiger partial charge is 0.389 e. The molecule has 1 fully saturated rings. The summed E-state index contributed by atoms with van der Waals surface area (Å²) >= 11 is 2.20. The summed E-state index contributed by atoms with van der Waals surface area (Å²) in [7, 11) is 0. The summed E-state index contributed by atoms with van der Waals surface area (Å²) in [6.07, 6.45) is 4.38. The quantitative estimate of drug-likeness (QED) is 0.641. The number of hydrogen-bond acceptors (Lipinski definition) is 1. The Bertz CT molecular complexity index is 120. The molecule has 1 aliphatic carbocycles. The summed E-state index contributed by atoms with van der Waals surface area (Å²) in [5.41, 5.74) is 1.22. The van der Waals surface area contributed by atoms with E-state index in [1.807, 2.05) is 4.08 Å². The molecule has 0 aromatic rings. The van der Waals surface area contributed by atoms with Gasteiger partial charge in [0, 0.05) is 0 Å². The van der Waals surface area contributed by atoms with Crippen LogP contribution in [-0.2, 0) is 0 Å². The topological polar surface area (TPSA) is 20.2 Å². The van der Waals surface area contributed by atoms with Crippen molar-refractivity contribution in [2.45, 2.75) is 31.8 Å². The number of aliphatic hydroxyl groups is 1. The average Bonchev–Trinajstić information content (AvgIpc) is 1.89. The van der Waals surface area contributed by atoms with Gasteiger partial charge in [0.2, 0.25) is 0 Å². The minimum Gasteiger partial charge on any atom is -0.389 e. The van der Waals surface area contributed by atoms with Crippen LogP contribution in [0.15, 0.2) is 9.66 Å². The molecule has 1 atom stereocenters. The van der Waals surface area contributed by atoms with Gasteiger partial charge in [-0.25, -0.2) is 0 Å². The van der Waals surface area contributed by atoms with Gasteiger partial charge in [0.1, 0.15) is 0 Å². The zero-order chi connectivity index (χ0) is 6.69. The zero-order valence-corrected chi connectivity index (χ0v) is 7.47. The molecular weight excluding hydrogens is 227 g/mol. The van der Waals surface area contributed by atoms with E-state index in [4.69, 9.17) is 0 Å². The molecular formula is C7H11IO. The molecule has 9 heavy (non-hydrogen) atoms. The van der Waals surface area contributed by atoms with Crippen molar-refractivity contribution in [1.29, 1.82) is 0 Å². The fourth-order valence-electron chi connectivity index (χ4n) is 1.15. The van der Waals surface area contributed by atoms with Crippen LogP contribution < -0.4 is 0 Å². The molecule has 2 heteroatoms. The summed E-state index contributed by atoms with van der Waals surface area (Å²) in [5, 5.41) is 9.30. The second-order valence-electron chi connectivity index (χ2n) is 2.45. The highest BCUT2D eigenvalue weighted by atomic mass is 127. The lowest BCUT2D eigenvalue weighted by atomic mass is 9.94. The highest BCUT2D eigenvalue weighted by Crippen LogP contribution is 2.24. The summed E-state index contributed by atoms with van der Waals surface area (Å²) in [4.78, 5) is 0. The molecule has 0 heterocycles. The van der Waals surface area contributed by atoms with Crippen LogP contribution in [0.1, 0.15) is 25.7 Å². The van der Waals surface area contributed by atoms with Gasteiger partial charge in [-0.15, -0.1) is 0 Å². The van der Waals surface area contributed by atoms with E-state index in [1.165, 1.54) is 18.4 Å². The van der Waals surface area contributed by atoms with Gasteiger partial charge < -0.3 is 5.11 Å². The van der Waals surface area contributed by atoms with Gasteiger partial charge in [0.05, 0.1) is 6.10 Å². The third kappa shape index (κ3) is 1.93. The lowest BCUT2D eigenvalue weighted by molar-refractivity contribution is 0.179. The van der Waals surface area contributed by atoms with Crippen molar-refractivity contribution in [1.82, 2.24) is 0 Å². The minimum absolute atomic E-state index is 0.129. The first-order valence-corrected chi connectivity index (χ1v) is 4.56. The summed E-state index contributed by atoms with van der Waals surface area (Å²) in [6.45, 7) is 0. The van der Waals surface area contributed by atoms with Gasteiger partial charge in [-0.1, -0.05) is 29.0 Å². The van der Waals surface area contributed by atoms with E-state index in [-0.39, 0.29) is 6.10 Å². The third-order valence-electron chi connectivity index (χ3n) is 1.76. The molecule has 1 saturated carbocycles. The Morgan fingerprint density at radius 2 is 2.33 bits per heavy atom. The maximum atomic E-state index is 9.30. The van der Waals surface area contributed by atoms with E-state index in [1.54, 1.807) is 0 Å². The molecule has 0 unspecified atom stereocenters. The van der Waals surface area contributed by atoms with Crippen molar-refractivity contribution >= 4 is 22.6 Å². The summed E-state index contributed by atoms with van der Waals surface area (Å²) < 4.78 is 2.02. The smallest absolute Gasteiger partial charge is 0.0757 e. The Morgan fingerprint density at radius 1 is 1.56 bits per heavy atom. The molecule has 0 radical (unpaired) electrons. The van der Waals surface area contributed by atoms with Crippen molar-refractivity contribution in [2.75, 3.05) is 0 Å². The standard InChI is InChI=1S/C7H11IO/c8-5-6-3-1-2-4-7(6)9/h5,7,9H,1-4H2/b6-5+/t7-/m0/s1. The lowest BCUT2D eigenvalue weighted by Crippen LogP contribution is -2.14. The molecule has 0 aromatic heterocycles. The molecule has 1 nitrogen and oxygen atoms in total. The monoisotopic (exact) mass is 238 g/mol. The Hall–Kier alpha value is 0.430. The molecule has 1 aliphatic rings. The zero-order valence-electron chi connectivity index (χ0n) is 5.31. The predicted octanol–water partition coefficient (Wildman–Crippen LogP) is 2.24. The van der Waals surface area contributed by atoms with E-state index >= 15 is 0 Å². The second kappa shape index (κ2) is 3.56. The summed E-state index contributed by atoms with van der Waals surface area (Å²) in [5.74, 6) is 0. The van der Waals surface area contributed by atoms with Crippen molar-refractivity contribution in [2.24, 2.45) is 0 Å². The van der Waals surface area contributed by atoms with Crippen LogP contribution in [0.3, 0.4) is 0 Å². The van der Waals surface area contributed by atoms with Crippen LogP contribution in [-0.4, -0.2) is 11.2 Å². The molecule has 0 bridgehead atoms. The SMILES string of the molecule is O[C@H]1CCCC/C1=C\I. The van der Waals surface area contributed by atoms with Gasteiger partial charge in [-0.3, -0.25) is 0 Å². The number of aliphatic hydroxyl groups excluding tert-OH is 1. The Balaban J connectivity index is 2.49. The van der Waals surface area contributed by atoms with Crippen molar-refractivity contribution in [3.8, 4) is 0 Å². The van der Waals surface area contributed by atoms with Gasteiger partial charge in [0.25, 0.3) is 0 Å². The third-order valence-corrected chi connectivity index (χ3v) is 2.56. The fraction of sp³-hybridized carbons (Fsp3) is 0.714. The van der Waals surface area contributed by atoms with Crippen molar-refractivity contribution in [3.05, 3.63) is 9.66 Å². The van der Waals surface area contributed by atoms with Crippen LogP contribution in [0, 0.1) is 0 Å². The Kier molecular flexibility index (Phi) is 2.98. The molecule has 1 rings (SSSR count). The summed E-state index contributed by atoms with van der Waals surface area (Å²) in [6, 6.07) is 0. The molecule has 52 valence electrons. The molecule has 1 N–H and O–H groups in total. The van der Waals surface area contributed by atoms with Crippen LogP contribution in [0.25, 0.3) is 0 Å². The molecule has 0 aromatic carbocycles. The minimum atomic E-state index is -0.129. The van der Waals surface area contributed by atoms with Crippen LogP contribution in [0.2, 0.25) is 0 Å². The normalized spacial score (nSPS) is 33.1. The average molecular weight is 238 g/mol. The van der Waals surface area contributed by atoms with E-state index < -0.39 is 0 Å². The van der Waals surface area contributed by atoms with Crippen LogP contribution in [0.5, 0.6) is 0 Å². The van der Waals surface area contributed by atoms with Gasteiger partial charge >= 0.3 is 0 Å². The van der Waals surface area contributed by atoms with E-state index in [0.717, 1.165) is 12.8 Å². The van der Waals surface area contributed by atoms with Gasteiger partial charge in [-0.2, -0.15) is 0 Å². The highest BCUT2D eigenvalue weighted by molar-refractivity contribution is 14.1.